The van der Waals surface area contributed by atoms with Crippen LogP contribution in [0.15, 0.2) is 36.4 Å². The molecule has 0 unspecified atom stereocenters. The Hall–Kier alpha value is -2.94. The first kappa shape index (κ1) is 27.6. The number of aryl methyl sites for hydroxylation is 1. The molecule has 9 heteroatoms. The van der Waals surface area contributed by atoms with E-state index in [0.717, 1.165) is 11.6 Å². The Morgan fingerprint density at radius 1 is 1.03 bits per heavy atom. The Kier molecular flexibility index (Phi) is 9.11. The van der Waals surface area contributed by atoms with Crippen molar-refractivity contribution in [3.05, 3.63) is 53.1 Å². The number of rotatable bonds is 9. The van der Waals surface area contributed by atoms with Crippen LogP contribution in [0.1, 0.15) is 49.4 Å². The van der Waals surface area contributed by atoms with E-state index in [2.05, 4.69) is 0 Å². The average molecular weight is 508 g/mol. The van der Waals surface area contributed by atoms with Crippen LogP contribution >= 0.6 is 0 Å². The first-order valence-electron chi connectivity index (χ1n) is 12.2. The van der Waals surface area contributed by atoms with Gasteiger partial charge in [-0.2, -0.15) is 13.2 Å². The second kappa shape index (κ2) is 11.9. The van der Waals surface area contributed by atoms with E-state index < -0.39 is 17.8 Å². The zero-order valence-electron chi connectivity index (χ0n) is 21.4. The van der Waals surface area contributed by atoms with E-state index in [1.807, 2.05) is 36.9 Å². The van der Waals surface area contributed by atoms with Crippen LogP contribution in [0.2, 0.25) is 0 Å². The van der Waals surface area contributed by atoms with Gasteiger partial charge in [0.2, 0.25) is 5.91 Å². The summed E-state index contributed by atoms with van der Waals surface area (Å²) in [6, 6.07) is 8.82. The van der Waals surface area contributed by atoms with E-state index in [-0.39, 0.29) is 11.8 Å². The first-order chi connectivity index (χ1) is 17.0. The maximum Gasteiger partial charge on any atom is 0.416 e. The number of alkyl halides is 3. The van der Waals surface area contributed by atoms with E-state index in [1.165, 1.54) is 12.1 Å². The highest BCUT2D eigenvalue weighted by molar-refractivity contribution is 5.77. The molecule has 2 aromatic rings. The molecule has 1 atom stereocenters. The van der Waals surface area contributed by atoms with Crippen molar-refractivity contribution in [3.8, 4) is 11.5 Å². The third-order valence-corrected chi connectivity index (χ3v) is 6.55. The molecule has 0 aliphatic carbocycles. The molecule has 0 bridgehead atoms. The van der Waals surface area contributed by atoms with Gasteiger partial charge < -0.3 is 25.0 Å². The summed E-state index contributed by atoms with van der Waals surface area (Å²) >= 11 is 0. The number of nitrogens with two attached hydrogens (primary N) is 1. The maximum atomic E-state index is 13.4. The molecule has 1 aliphatic heterocycles. The summed E-state index contributed by atoms with van der Waals surface area (Å²) in [6.07, 6.45) is -3.00. The van der Waals surface area contributed by atoms with E-state index in [4.69, 9.17) is 15.2 Å². The quantitative estimate of drug-likeness (QED) is 0.515. The third-order valence-electron chi connectivity index (χ3n) is 6.55. The molecule has 0 radical (unpaired) electrons. The van der Waals surface area contributed by atoms with Crippen molar-refractivity contribution < 1.29 is 27.4 Å². The van der Waals surface area contributed by atoms with Crippen LogP contribution in [-0.4, -0.2) is 51.2 Å². The molecule has 1 saturated heterocycles. The summed E-state index contributed by atoms with van der Waals surface area (Å²) in [5.41, 5.74) is 7.78. The zero-order chi connectivity index (χ0) is 26.5. The number of ether oxygens (including phenoxy) is 2. The Balaban J connectivity index is 1.67. The van der Waals surface area contributed by atoms with Gasteiger partial charge in [0.05, 0.1) is 19.8 Å². The van der Waals surface area contributed by atoms with Gasteiger partial charge in [-0.25, -0.2) is 0 Å². The minimum Gasteiger partial charge on any atom is -0.497 e. The molecular formula is C27H36F3N3O3. The van der Waals surface area contributed by atoms with Gasteiger partial charge in [-0.1, -0.05) is 13.8 Å². The van der Waals surface area contributed by atoms with Crippen molar-refractivity contribution in [1.82, 2.24) is 4.90 Å². The second-order valence-electron chi connectivity index (χ2n) is 9.55. The molecule has 36 heavy (non-hydrogen) atoms. The topological polar surface area (TPSA) is 68.0 Å². The van der Waals surface area contributed by atoms with Gasteiger partial charge >= 0.3 is 6.18 Å². The number of methoxy groups -OCH3 is 2. The Morgan fingerprint density at radius 3 is 2.31 bits per heavy atom. The number of amides is 1. The van der Waals surface area contributed by atoms with Crippen LogP contribution in [0.5, 0.6) is 11.5 Å². The zero-order valence-corrected chi connectivity index (χ0v) is 21.4. The lowest BCUT2D eigenvalue weighted by atomic mass is 9.94. The molecule has 3 rings (SSSR count). The largest absolute Gasteiger partial charge is 0.497 e. The highest BCUT2D eigenvalue weighted by Gasteiger charge is 2.33. The predicted molar refractivity (Wildman–Crippen MR) is 134 cm³/mol. The number of nitrogens with zero attached hydrogens (tertiary/aromatic N) is 2. The number of halogens is 3. The number of anilines is 1. The molecule has 6 nitrogen and oxygen atoms in total. The fraction of sp³-hybridized carbons (Fsp3) is 0.519. The summed E-state index contributed by atoms with van der Waals surface area (Å²) in [6.45, 7) is 6.04. The van der Waals surface area contributed by atoms with Crippen molar-refractivity contribution in [3.63, 3.8) is 0 Å². The van der Waals surface area contributed by atoms with E-state index in [1.54, 1.807) is 19.1 Å². The van der Waals surface area contributed by atoms with Crippen LogP contribution in [0.25, 0.3) is 0 Å². The van der Waals surface area contributed by atoms with Crippen LogP contribution < -0.4 is 20.1 Å². The molecule has 198 valence electrons. The molecule has 0 saturated carbocycles. The average Bonchev–Trinajstić information content (AvgIpc) is 2.85. The number of piperazine rings is 1. The van der Waals surface area contributed by atoms with Gasteiger partial charge in [0.25, 0.3) is 0 Å². The Labute approximate surface area is 211 Å². The Morgan fingerprint density at radius 2 is 1.72 bits per heavy atom. The molecular weight excluding hydrogens is 471 g/mol. The smallest absolute Gasteiger partial charge is 0.416 e. The number of carbonyl (C=O) groups excluding carboxylic acids is 1. The van der Waals surface area contributed by atoms with Crippen LogP contribution in [0.3, 0.4) is 0 Å². The van der Waals surface area contributed by atoms with Crippen molar-refractivity contribution in [1.29, 1.82) is 0 Å². The number of hydrogen-bond acceptors (Lipinski definition) is 5. The number of carbonyl (C=O) groups is 1. The molecule has 2 aromatic carbocycles. The van der Waals surface area contributed by atoms with Crippen LogP contribution in [0.4, 0.5) is 18.9 Å². The minimum absolute atomic E-state index is 0.0312. The van der Waals surface area contributed by atoms with Gasteiger partial charge in [0, 0.05) is 44.3 Å². The van der Waals surface area contributed by atoms with Gasteiger partial charge in [-0.05, 0) is 66.3 Å². The SMILES string of the molecule is COc1ccc(OC)c(CCC(=O)N2CCN(c3ccc(C(F)(F)F)cc3[C@@H](N)CC(C)C)CC2)c1. The number of hydrogen-bond donors (Lipinski definition) is 1. The molecule has 1 amide bonds. The van der Waals surface area contributed by atoms with E-state index >= 15 is 0 Å². The Bertz CT molecular complexity index is 1030. The molecule has 2 N–H and O–H groups in total. The second-order valence-corrected chi connectivity index (χ2v) is 9.55. The number of benzene rings is 2. The third kappa shape index (κ3) is 6.84. The lowest BCUT2D eigenvalue weighted by Gasteiger charge is -2.38. The fourth-order valence-electron chi connectivity index (χ4n) is 4.62. The van der Waals surface area contributed by atoms with Crippen LogP contribution in [-0.2, 0) is 17.4 Å². The summed E-state index contributed by atoms with van der Waals surface area (Å²) in [4.78, 5) is 16.7. The van der Waals surface area contributed by atoms with Crippen LogP contribution in [0, 0.1) is 5.92 Å². The summed E-state index contributed by atoms with van der Waals surface area (Å²) < 4.78 is 50.8. The summed E-state index contributed by atoms with van der Waals surface area (Å²) in [5.74, 6) is 1.69. The summed E-state index contributed by atoms with van der Waals surface area (Å²) in [7, 11) is 3.18. The van der Waals surface area contributed by atoms with Crippen molar-refractivity contribution in [2.75, 3.05) is 45.3 Å². The fourth-order valence-corrected chi connectivity index (χ4v) is 4.62. The first-order valence-corrected chi connectivity index (χ1v) is 12.2. The highest BCUT2D eigenvalue weighted by Crippen LogP contribution is 2.36. The summed E-state index contributed by atoms with van der Waals surface area (Å²) in [5, 5.41) is 0. The maximum absolute atomic E-state index is 13.4. The van der Waals surface area contributed by atoms with Crippen molar-refractivity contribution in [2.24, 2.45) is 11.7 Å². The lowest BCUT2D eigenvalue weighted by Crippen LogP contribution is -2.49. The van der Waals surface area contributed by atoms with Gasteiger partial charge in [0.1, 0.15) is 11.5 Å². The monoisotopic (exact) mass is 507 g/mol. The van der Waals surface area contributed by atoms with Gasteiger partial charge in [0.15, 0.2) is 0 Å². The molecule has 1 heterocycles. The standard InChI is InChI=1S/C27H36F3N3O3/c1-18(2)15-23(31)22-17-20(27(28,29)30)6-8-24(22)32-11-13-33(14-12-32)26(34)10-5-19-16-21(35-3)7-9-25(19)36-4/h6-9,16-18,23H,5,10-15,31H2,1-4H3/t23-/m0/s1. The van der Waals surface area contributed by atoms with E-state index in [9.17, 15) is 18.0 Å². The van der Waals surface area contributed by atoms with Crippen molar-refractivity contribution >= 4 is 11.6 Å². The molecule has 1 aliphatic rings. The van der Waals surface area contributed by atoms with Gasteiger partial charge in [-0.3, -0.25) is 4.79 Å². The normalized spacial score (nSPS) is 15.2. The predicted octanol–water partition coefficient (Wildman–Crippen LogP) is 5.05. The van der Waals surface area contributed by atoms with Gasteiger partial charge in [-0.15, -0.1) is 0 Å². The highest BCUT2D eigenvalue weighted by atomic mass is 19.4. The molecule has 1 fully saturated rings. The molecule has 0 spiro atoms. The molecule has 0 aromatic heterocycles. The lowest BCUT2D eigenvalue weighted by molar-refractivity contribution is -0.137. The van der Waals surface area contributed by atoms with Crippen molar-refractivity contribution in [2.45, 2.75) is 45.3 Å². The van der Waals surface area contributed by atoms with E-state index in [0.29, 0.717) is 68.2 Å². The minimum atomic E-state index is -4.43.